The molecule has 0 bridgehead atoms. The van der Waals surface area contributed by atoms with Crippen LogP contribution in [0.1, 0.15) is 15.9 Å². The molecule has 0 spiro atoms. The molecule has 1 saturated heterocycles. The van der Waals surface area contributed by atoms with Gasteiger partial charge < -0.3 is 10.2 Å². The molecule has 1 N–H and O–H groups in total. The number of carbonyl (C=O) groups excluding carboxylic acids is 1. The Morgan fingerprint density at radius 2 is 1.48 bits per heavy atom. The van der Waals surface area contributed by atoms with Crippen LogP contribution in [0.25, 0.3) is 0 Å². The molecule has 0 aliphatic carbocycles. The first-order chi connectivity index (χ1) is 14.2. The second kappa shape index (κ2) is 9.25. The Kier molecular flexibility index (Phi) is 6.27. The van der Waals surface area contributed by atoms with E-state index in [1.807, 2.05) is 36.4 Å². The maximum atomic E-state index is 12.5. The van der Waals surface area contributed by atoms with Crippen LogP contribution in [0.2, 0.25) is 0 Å². The number of nitrogens with zero attached hydrogens (tertiary/aromatic N) is 2. The number of anilines is 2. The van der Waals surface area contributed by atoms with Crippen molar-refractivity contribution in [3.63, 3.8) is 0 Å². The average Bonchev–Trinajstić information content (AvgIpc) is 2.76. The van der Waals surface area contributed by atoms with E-state index < -0.39 is 0 Å². The van der Waals surface area contributed by atoms with E-state index in [1.54, 1.807) is 0 Å². The summed E-state index contributed by atoms with van der Waals surface area (Å²) in [6.45, 7) is 5.13. The second-order valence-electron chi connectivity index (χ2n) is 7.23. The number of piperazine rings is 1. The van der Waals surface area contributed by atoms with Gasteiger partial charge in [0.05, 0.1) is 5.56 Å². The smallest absolute Gasteiger partial charge is 0.256 e. The minimum absolute atomic E-state index is 0.111. The van der Waals surface area contributed by atoms with E-state index >= 15 is 0 Å². The third kappa shape index (κ3) is 5.05. The van der Waals surface area contributed by atoms with Crippen LogP contribution in [-0.4, -0.2) is 37.0 Å². The zero-order valence-corrected chi connectivity index (χ0v) is 17.8. The minimum atomic E-state index is -0.111. The van der Waals surface area contributed by atoms with E-state index in [1.165, 1.54) is 11.3 Å². The lowest BCUT2D eigenvalue weighted by atomic mass is 10.2. The van der Waals surface area contributed by atoms with Crippen LogP contribution in [0.4, 0.5) is 11.4 Å². The van der Waals surface area contributed by atoms with Crippen LogP contribution >= 0.6 is 15.9 Å². The number of carbonyl (C=O) groups is 1. The summed E-state index contributed by atoms with van der Waals surface area (Å²) in [6, 6.07) is 26.2. The fourth-order valence-electron chi connectivity index (χ4n) is 3.61. The van der Waals surface area contributed by atoms with E-state index in [0.29, 0.717) is 5.56 Å². The zero-order chi connectivity index (χ0) is 20.1. The topological polar surface area (TPSA) is 35.6 Å². The summed E-state index contributed by atoms with van der Waals surface area (Å²) in [5.41, 5.74) is 4.00. The van der Waals surface area contributed by atoms with Crippen LogP contribution in [0.3, 0.4) is 0 Å². The number of halogens is 1. The monoisotopic (exact) mass is 449 g/mol. The highest BCUT2D eigenvalue weighted by Gasteiger charge is 2.17. The maximum absolute atomic E-state index is 12.5. The Morgan fingerprint density at radius 3 is 2.17 bits per heavy atom. The fraction of sp³-hybridized carbons (Fsp3) is 0.208. The lowest BCUT2D eigenvalue weighted by Gasteiger charge is -2.36. The van der Waals surface area contributed by atoms with Gasteiger partial charge in [0.15, 0.2) is 0 Å². The summed E-state index contributed by atoms with van der Waals surface area (Å²) in [5.74, 6) is -0.111. The molecular weight excluding hydrogens is 426 g/mol. The quantitative estimate of drug-likeness (QED) is 0.593. The lowest BCUT2D eigenvalue weighted by Crippen LogP contribution is -2.45. The first kappa shape index (κ1) is 19.7. The minimum Gasteiger partial charge on any atom is -0.369 e. The van der Waals surface area contributed by atoms with Crippen LogP contribution < -0.4 is 10.2 Å². The van der Waals surface area contributed by atoms with Gasteiger partial charge in [0, 0.05) is 48.6 Å². The van der Waals surface area contributed by atoms with Crippen molar-refractivity contribution in [2.24, 2.45) is 0 Å². The number of benzene rings is 3. The standard InChI is InChI=1S/C24H24BrN3O/c25-23-9-5-4-8-22(23)24(29)26-20-10-12-21(13-11-20)28-16-14-27(15-17-28)18-19-6-2-1-3-7-19/h1-13H,14-18H2,(H,26,29). The third-order valence-corrected chi connectivity index (χ3v) is 5.92. The third-order valence-electron chi connectivity index (χ3n) is 5.23. The SMILES string of the molecule is O=C(Nc1ccc(N2CCN(Cc3ccccc3)CC2)cc1)c1ccccc1Br. The van der Waals surface area contributed by atoms with Crippen molar-refractivity contribution in [2.45, 2.75) is 6.54 Å². The Morgan fingerprint density at radius 1 is 0.828 bits per heavy atom. The molecule has 1 aliphatic heterocycles. The molecule has 0 saturated carbocycles. The first-order valence-corrected chi connectivity index (χ1v) is 10.7. The Balaban J connectivity index is 1.32. The summed E-state index contributed by atoms with van der Waals surface area (Å²) < 4.78 is 0.794. The van der Waals surface area contributed by atoms with Crippen molar-refractivity contribution in [3.8, 4) is 0 Å². The predicted octanol–water partition coefficient (Wildman–Crippen LogP) is 5.02. The molecule has 5 heteroatoms. The lowest BCUT2D eigenvalue weighted by molar-refractivity contribution is 0.102. The number of rotatable bonds is 5. The van der Waals surface area contributed by atoms with Gasteiger partial charge in [-0.1, -0.05) is 42.5 Å². The van der Waals surface area contributed by atoms with Crippen molar-refractivity contribution in [1.29, 1.82) is 0 Å². The summed E-state index contributed by atoms with van der Waals surface area (Å²) >= 11 is 3.43. The molecule has 0 radical (unpaired) electrons. The average molecular weight is 450 g/mol. The van der Waals surface area contributed by atoms with E-state index in [2.05, 4.69) is 73.5 Å². The highest BCUT2D eigenvalue weighted by molar-refractivity contribution is 9.10. The maximum Gasteiger partial charge on any atom is 0.256 e. The van der Waals surface area contributed by atoms with E-state index in [0.717, 1.165) is 42.9 Å². The fourth-order valence-corrected chi connectivity index (χ4v) is 4.07. The Hall–Kier alpha value is -2.63. The van der Waals surface area contributed by atoms with Crippen molar-refractivity contribution >= 4 is 33.2 Å². The molecule has 0 atom stereocenters. The van der Waals surface area contributed by atoms with Gasteiger partial charge >= 0.3 is 0 Å². The molecule has 0 unspecified atom stereocenters. The molecule has 4 rings (SSSR count). The number of amides is 1. The van der Waals surface area contributed by atoms with E-state index in [4.69, 9.17) is 0 Å². The Bertz CT molecular complexity index is 951. The van der Waals surface area contributed by atoms with E-state index in [-0.39, 0.29) is 5.91 Å². The highest BCUT2D eigenvalue weighted by atomic mass is 79.9. The van der Waals surface area contributed by atoms with Crippen LogP contribution in [-0.2, 0) is 6.54 Å². The van der Waals surface area contributed by atoms with Crippen LogP contribution in [0.5, 0.6) is 0 Å². The molecule has 1 amide bonds. The van der Waals surface area contributed by atoms with Crippen molar-refractivity contribution in [2.75, 3.05) is 36.4 Å². The van der Waals surface area contributed by atoms with Gasteiger partial charge in [-0.3, -0.25) is 9.69 Å². The summed E-state index contributed by atoms with van der Waals surface area (Å²) in [7, 11) is 0. The van der Waals surface area contributed by atoms with Gasteiger partial charge in [-0.15, -0.1) is 0 Å². The van der Waals surface area contributed by atoms with Gasteiger partial charge in [0.25, 0.3) is 5.91 Å². The highest BCUT2D eigenvalue weighted by Crippen LogP contribution is 2.22. The van der Waals surface area contributed by atoms with Gasteiger partial charge in [-0.25, -0.2) is 0 Å². The number of hydrogen-bond acceptors (Lipinski definition) is 3. The van der Waals surface area contributed by atoms with Crippen LogP contribution in [0.15, 0.2) is 83.3 Å². The molecule has 3 aromatic rings. The van der Waals surface area contributed by atoms with Crippen LogP contribution in [0, 0.1) is 0 Å². The normalized spacial score (nSPS) is 14.6. The second-order valence-corrected chi connectivity index (χ2v) is 8.08. The summed E-state index contributed by atoms with van der Waals surface area (Å²) in [4.78, 5) is 17.4. The first-order valence-electron chi connectivity index (χ1n) is 9.86. The zero-order valence-electron chi connectivity index (χ0n) is 16.2. The van der Waals surface area contributed by atoms with Gasteiger partial charge in [0.2, 0.25) is 0 Å². The van der Waals surface area contributed by atoms with Gasteiger partial charge in [0.1, 0.15) is 0 Å². The van der Waals surface area contributed by atoms with E-state index in [9.17, 15) is 4.79 Å². The molecule has 1 heterocycles. The summed E-state index contributed by atoms with van der Waals surface area (Å²) in [6.07, 6.45) is 0. The van der Waals surface area contributed by atoms with Crippen molar-refractivity contribution < 1.29 is 4.79 Å². The molecule has 1 aliphatic rings. The molecule has 3 aromatic carbocycles. The van der Waals surface area contributed by atoms with Gasteiger partial charge in [-0.2, -0.15) is 0 Å². The van der Waals surface area contributed by atoms with Crippen molar-refractivity contribution in [3.05, 3.63) is 94.5 Å². The van der Waals surface area contributed by atoms with Gasteiger partial charge in [-0.05, 0) is 57.9 Å². The molecule has 4 nitrogen and oxygen atoms in total. The Labute approximate surface area is 180 Å². The largest absolute Gasteiger partial charge is 0.369 e. The molecule has 0 aromatic heterocycles. The summed E-state index contributed by atoms with van der Waals surface area (Å²) in [5, 5.41) is 2.97. The van der Waals surface area contributed by atoms with Crippen molar-refractivity contribution in [1.82, 2.24) is 4.90 Å². The molecule has 29 heavy (non-hydrogen) atoms. The molecule has 1 fully saturated rings. The molecular formula is C24H24BrN3O. The predicted molar refractivity (Wildman–Crippen MR) is 122 cm³/mol. The number of nitrogens with one attached hydrogen (secondary N) is 1. The molecule has 148 valence electrons. The number of hydrogen-bond donors (Lipinski definition) is 1.